The number of ether oxygens (including phenoxy) is 2. The van der Waals surface area contributed by atoms with E-state index in [1.807, 2.05) is 0 Å². The first kappa shape index (κ1) is 19.2. The highest BCUT2D eigenvalue weighted by Crippen LogP contribution is 2.07. The number of carbonyl (C=O) groups is 2. The van der Waals surface area contributed by atoms with Crippen molar-refractivity contribution in [2.75, 3.05) is 47.1 Å². The molecule has 1 heterocycles. The molecule has 23 heavy (non-hydrogen) atoms. The van der Waals surface area contributed by atoms with Gasteiger partial charge in [-0.1, -0.05) is 0 Å². The first-order valence-electron chi connectivity index (χ1n) is 7.75. The van der Waals surface area contributed by atoms with Crippen LogP contribution in [0.1, 0.15) is 29.6 Å². The molecule has 7 nitrogen and oxygen atoms in total. The quantitative estimate of drug-likeness (QED) is 0.586. The number of methoxy groups -OCH3 is 2. The fraction of sp³-hybridized carbons (Fsp3) is 0.625. The molecular weight excluding hydrogens is 300 g/mol. The van der Waals surface area contributed by atoms with Gasteiger partial charge in [-0.25, -0.2) is 0 Å². The summed E-state index contributed by atoms with van der Waals surface area (Å²) in [7, 11) is 3.25. The number of amides is 2. The van der Waals surface area contributed by atoms with Gasteiger partial charge in [0.2, 0.25) is 5.91 Å². The van der Waals surface area contributed by atoms with E-state index in [-0.39, 0.29) is 18.2 Å². The van der Waals surface area contributed by atoms with Gasteiger partial charge in [0.15, 0.2) is 0 Å². The zero-order chi connectivity index (χ0) is 16.9. The van der Waals surface area contributed by atoms with Crippen molar-refractivity contribution in [3.05, 3.63) is 24.2 Å². The van der Waals surface area contributed by atoms with Crippen LogP contribution in [0.4, 0.5) is 0 Å². The Bertz CT molecular complexity index is 447. The molecule has 0 unspecified atom stereocenters. The lowest BCUT2D eigenvalue weighted by molar-refractivity contribution is -0.121. The maximum absolute atomic E-state index is 12.4. The Morgan fingerprint density at radius 3 is 2.57 bits per heavy atom. The number of hydrogen-bond acceptors (Lipinski definition) is 5. The summed E-state index contributed by atoms with van der Waals surface area (Å²) in [5.41, 5.74) is 0.489. The van der Waals surface area contributed by atoms with E-state index in [4.69, 9.17) is 13.9 Å². The molecule has 0 aliphatic heterocycles. The van der Waals surface area contributed by atoms with Crippen molar-refractivity contribution >= 4 is 11.8 Å². The largest absolute Gasteiger partial charge is 0.472 e. The monoisotopic (exact) mass is 326 g/mol. The summed E-state index contributed by atoms with van der Waals surface area (Å²) in [6, 6.07) is 1.62. The van der Waals surface area contributed by atoms with Crippen molar-refractivity contribution < 1.29 is 23.5 Å². The molecule has 1 N–H and O–H groups in total. The zero-order valence-corrected chi connectivity index (χ0v) is 13.9. The van der Waals surface area contributed by atoms with Crippen molar-refractivity contribution in [2.24, 2.45) is 0 Å². The van der Waals surface area contributed by atoms with Crippen LogP contribution in [0.5, 0.6) is 0 Å². The third-order valence-corrected chi connectivity index (χ3v) is 3.29. The Morgan fingerprint density at radius 1 is 1.17 bits per heavy atom. The highest BCUT2D eigenvalue weighted by atomic mass is 16.5. The van der Waals surface area contributed by atoms with Crippen molar-refractivity contribution in [1.82, 2.24) is 10.2 Å². The van der Waals surface area contributed by atoms with Crippen molar-refractivity contribution in [3.63, 3.8) is 0 Å². The number of hydrogen-bond donors (Lipinski definition) is 1. The first-order chi connectivity index (χ1) is 11.2. The molecule has 0 saturated heterocycles. The minimum Gasteiger partial charge on any atom is -0.472 e. The Morgan fingerprint density at radius 2 is 1.91 bits per heavy atom. The molecule has 0 saturated carbocycles. The molecule has 0 aliphatic carbocycles. The van der Waals surface area contributed by atoms with Crippen LogP contribution < -0.4 is 5.32 Å². The fourth-order valence-corrected chi connectivity index (χ4v) is 2.05. The van der Waals surface area contributed by atoms with Crippen LogP contribution in [0.2, 0.25) is 0 Å². The van der Waals surface area contributed by atoms with Gasteiger partial charge in [0.25, 0.3) is 5.91 Å². The lowest BCUT2D eigenvalue weighted by atomic mass is 10.2. The maximum Gasteiger partial charge on any atom is 0.257 e. The summed E-state index contributed by atoms with van der Waals surface area (Å²) in [6.45, 7) is 2.66. The number of nitrogens with zero attached hydrogens (tertiary/aromatic N) is 1. The van der Waals surface area contributed by atoms with Crippen LogP contribution in [-0.2, 0) is 14.3 Å². The van der Waals surface area contributed by atoms with Crippen molar-refractivity contribution in [2.45, 2.75) is 19.3 Å². The second-order valence-electron chi connectivity index (χ2n) is 5.10. The van der Waals surface area contributed by atoms with E-state index in [0.29, 0.717) is 38.4 Å². The van der Waals surface area contributed by atoms with E-state index in [1.54, 1.807) is 25.2 Å². The average molecular weight is 326 g/mol. The van der Waals surface area contributed by atoms with E-state index in [2.05, 4.69) is 5.32 Å². The lowest BCUT2D eigenvalue weighted by Crippen LogP contribution is -2.36. The standard InChI is InChI=1S/C16H26N2O5/c1-21-10-3-7-17-15(19)5-9-18(8-4-11-22-2)16(20)14-6-12-23-13-14/h6,12-13H,3-5,7-11H2,1-2H3,(H,17,19). The molecule has 0 aromatic carbocycles. The van der Waals surface area contributed by atoms with Gasteiger partial charge in [0.05, 0.1) is 11.8 Å². The summed E-state index contributed by atoms with van der Waals surface area (Å²) < 4.78 is 14.9. The van der Waals surface area contributed by atoms with Gasteiger partial charge in [0.1, 0.15) is 6.26 Å². The lowest BCUT2D eigenvalue weighted by Gasteiger charge is -2.21. The van der Waals surface area contributed by atoms with Crippen molar-refractivity contribution in [3.8, 4) is 0 Å². The van der Waals surface area contributed by atoms with Gasteiger partial charge in [-0.15, -0.1) is 0 Å². The van der Waals surface area contributed by atoms with Crippen molar-refractivity contribution in [1.29, 1.82) is 0 Å². The summed E-state index contributed by atoms with van der Waals surface area (Å²) in [5.74, 6) is -0.208. The molecule has 2 amide bonds. The summed E-state index contributed by atoms with van der Waals surface area (Å²) in [5, 5.41) is 2.81. The molecule has 0 radical (unpaired) electrons. The van der Waals surface area contributed by atoms with E-state index in [1.165, 1.54) is 12.5 Å². The van der Waals surface area contributed by atoms with E-state index in [9.17, 15) is 9.59 Å². The molecule has 0 fully saturated rings. The summed E-state index contributed by atoms with van der Waals surface area (Å²) >= 11 is 0. The molecular formula is C16H26N2O5. The SMILES string of the molecule is COCCCNC(=O)CCN(CCCOC)C(=O)c1ccoc1. The minimum absolute atomic E-state index is 0.0714. The average Bonchev–Trinajstić information content (AvgIpc) is 3.08. The summed E-state index contributed by atoms with van der Waals surface area (Å²) in [6.07, 6.45) is 4.63. The maximum atomic E-state index is 12.4. The normalized spacial score (nSPS) is 10.5. The smallest absolute Gasteiger partial charge is 0.257 e. The summed E-state index contributed by atoms with van der Waals surface area (Å²) in [4.78, 5) is 25.9. The number of nitrogens with one attached hydrogen (secondary N) is 1. The van der Waals surface area contributed by atoms with Crippen LogP contribution in [0.25, 0.3) is 0 Å². The zero-order valence-electron chi connectivity index (χ0n) is 13.9. The van der Waals surface area contributed by atoms with E-state index >= 15 is 0 Å². The molecule has 0 bridgehead atoms. The Balaban J connectivity index is 2.42. The van der Waals surface area contributed by atoms with E-state index < -0.39 is 0 Å². The predicted molar refractivity (Wildman–Crippen MR) is 85.2 cm³/mol. The number of carbonyl (C=O) groups excluding carboxylic acids is 2. The number of furan rings is 1. The Labute approximate surface area is 136 Å². The highest BCUT2D eigenvalue weighted by Gasteiger charge is 2.17. The molecule has 0 spiro atoms. The Kier molecular flexibility index (Phi) is 9.74. The minimum atomic E-state index is -0.137. The van der Waals surface area contributed by atoms with Crippen LogP contribution in [0.15, 0.2) is 23.0 Å². The fourth-order valence-electron chi connectivity index (χ4n) is 2.05. The van der Waals surface area contributed by atoms with Crippen LogP contribution in [0, 0.1) is 0 Å². The van der Waals surface area contributed by atoms with Gasteiger partial charge in [-0.05, 0) is 18.9 Å². The van der Waals surface area contributed by atoms with Gasteiger partial charge in [-0.2, -0.15) is 0 Å². The van der Waals surface area contributed by atoms with Gasteiger partial charge >= 0.3 is 0 Å². The van der Waals surface area contributed by atoms with Crippen LogP contribution >= 0.6 is 0 Å². The topological polar surface area (TPSA) is 81.0 Å². The van der Waals surface area contributed by atoms with Gasteiger partial charge < -0.3 is 24.1 Å². The molecule has 1 aromatic heterocycles. The molecule has 130 valence electrons. The predicted octanol–water partition coefficient (Wildman–Crippen LogP) is 1.30. The van der Waals surface area contributed by atoms with Crippen LogP contribution in [-0.4, -0.2) is 63.8 Å². The highest BCUT2D eigenvalue weighted by molar-refractivity contribution is 5.94. The molecule has 1 rings (SSSR count). The van der Waals surface area contributed by atoms with Crippen LogP contribution in [0.3, 0.4) is 0 Å². The second-order valence-corrected chi connectivity index (χ2v) is 5.10. The number of rotatable bonds is 12. The molecule has 0 aliphatic rings. The third-order valence-electron chi connectivity index (χ3n) is 3.29. The first-order valence-corrected chi connectivity index (χ1v) is 7.75. The van der Waals surface area contributed by atoms with Gasteiger partial charge in [-0.3, -0.25) is 9.59 Å². The second kappa shape index (κ2) is 11.7. The molecule has 1 aromatic rings. The molecule has 7 heteroatoms. The third kappa shape index (κ3) is 7.80. The molecule has 0 atom stereocenters. The van der Waals surface area contributed by atoms with E-state index in [0.717, 1.165) is 12.8 Å². The Hall–Kier alpha value is -1.86. The van der Waals surface area contributed by atoms with Gasteiger partial charge in [0, 0.05) is 53.5 Å².